The van der Waals surface area contributed by atoms with Gasteiger partial charge in [-0.2, -0.15) is 0 Å². The lowest BCUT2D eigenvalue weighted by atomic mass is 10.1. The zero-order valence-electron chi connectivity index (χ0n) is 16.8. The number of methoxy groups -OCH3 is 1. The van der Waals surface area contributed by atoms with Crippen LogP contribution < -0.4 is 19.5 Å². The Morgan fingerprint density at radius 1 is 1.10 bits per heavy atom. The first kappa shape index (κ1) is 21.1. The Balaban J connectivity index is 1.63. The van der Waals surface area contributed by atoms with Crippen molar-refractivity contribution in [1.29, 1.82) is 0 Å². The van der Waals surface area contributed by atoms with E-state index < -0.39 is 10.0 Å². The molecule has 8 heteroatoms. The van der Waals surface area contributed by atoms with Crippen LogP contribution in [0.5, 0.6) is 11.5 Å². The summed E-state index contributed by atoms with van der Waals surface area (Å²) in [4.78, 5) is 12.4. The number of ether oxygens (including phenoxy) is 2. The van der Waals surface area contributed by atoms with E-state index in [4.69, 9.17) is 9.47 Å². The Morgan fingerprint density at radius 2 is 1.79 bits per heavy atom. The van der Waals surface area contributed by atoms with Gasteiger partial charge in [-0.25, -0.2) is 13.1 Å². The number of anilines is 1. The Hall–Kier alpha value is -2.58. The molecule has 29 heavy (non-hydrogen) atoms. The summed E-state index contributed by atoms with van der Waals surface area (Å²) in [6, 6.07) is 10.3. The van der Waals surface area contributed by atoms with Crippen LogP contribution in [0.1, 0.15) is 30.4 Å². The Labute approximate surface area is 171 Å². The molecule has 156 valence electrons. The molecule has 0 aromatic heterocycles. The molecule has 1 aliphatic rings. The highest BCUT2D eigenvalue weighted by atomic mass is 32.2. The molecule has 0 bridgehead atoms. The second-order valence-corrected chi connectivity index (χ2v) is 8.94. The molecule has 1 fully saturated rings. The molecule has 1 amide bonds. The van der Waals surface area contributed by atoms with Gasteiger partial charge in [-0.1, -0.05) is 6.07 Å². The fraction of sp³-hybridized carbons (Fsp3) is 0.381. The van der Waals surface area contributed by atoms with Crippen molar-refractivity contribution in [3.8, 4) is 11.5 Å². The largest absolute Gasteiger partial charge is 0.495 e. The van der Waals surface area contributed by atoms with E-state index in [9.17, 15) is 13.2 Å². The number of sulfonamides is 1. The van der Waals surface area contributed by atoms with Gasteiger partial charge in [0.1, 0.15) is 11.5 Å². The molecule has 0 aliphatic heterocycles. The van der Waals surface area contributed by atoms with Crippen LogP contribution in [0.3, 0.4) is 0 Å². The van der Waals surface area contributed by atoms with Gasteiger partial charge in [-0.15, -0.1) is 0 Å². The zero-order chi connectivity index (χ0) is 21.0. The number of hydrogen-bond donors (Lipinski definition) is 2. The molecule has 0 unspecified atom stereocenters. The minimum atomic E-state index is -3.62. The number of carbonyl (C=O) groups is 1. The van der Waals surface area contributed by atoms with Gasteiger partial charge in [-0.3, -0.25) is 4.79 Å². The van der Waals surface area contributed by atoms with E-state index in [0.29, 0.717) is 17.2 Å². The van der Waals surface area contributed by atoms with E-state index in [0.717, 1.165) is 24.0 Å². The quantitative estimate of drug-likeness (QED) is 0.652. The lowest BCUT2D eigenvalue weighted by Crippen LogP contribution is -2.26. The summed E-state index contributed by atoms with van der Waals surface area (Å²) in [6.07, 6.45) is 1.81. The van der Waals surface area contributed by atoms with Gasteiger partial charge in [0.15, 0.2) is 0 Å². The SMILES string of the molecule is COc1ccc(S(=O)(=O)NC2CC2)cc1NC(=O)CCOc1cc(C)cc(C)c1. The van der Waals surface area contributed by atoms with Crippen LogP contribution in [0.15, 0.2) is 41.3 Å². The number of rotatable bonds is 9. The summed E-state index contributed by atoms with van der Waals surface area (Å²) in [5.41, 5.74) is 2.49. The molecule has 1 saturated carbocycles. The molecular formula is C21H26N2O5S. The molecule has 3 rings (SSSR count). The predicted molar refractivity (Wildman–Crippen MR) is 111 cm³/mol. The molecule has 0 atom stereocenters. The fourth-order valence-electron chi connectivity index (χ4n) is 2.93. The molecule has 2 N–H and O–H groups in total. The lowest BCUT2D eigenvalue weighted by molar-refractivity contribution is -0.116. The number of nitrogens with one attached hydrogen (secondary N) is 2. The molecule has 7 nitrogen and oxygen atoms in total. The molecule has 0 spiro atoms. The molecule has 1 aliphatic carbocycles. The summed E-state index contributed by atoms with van der Waals surface area (Å²) in [6.45, 7) is 4.17. The van der Waals surface area contributed by atoms with Gasteiger partial charge in [0, 0.05) is 6.04 Å². The highest BCUT2D eigenvalue weighted by molar-refractivity contribution is 7.89. The van der Waals surface area contributed by atoms with E-state index in [1.54, 1.807) is 0 Å². The zero-order valence-corrected chi connectivity index (χ0v) is 17.6. The van der Waals surface area contributed by atoms with Gasteiger partial charge in [0.25, 0.3) is 0 Å². The summed E-state index contributed by atoms with van der Waals surface area (Å²) in [5, 5.41) is 2.72. The maximum Gasteiger partial charge on any atom is 0.240 e. The lowest BCUT2D eigenvalue weighted by Gasteiger charge is -2.13. The van der Waals surface area contributed by atoms with Crippen molar-refractivity contribution >= 4 is 21.6 Å². The number of amides is 1. The van der Waals surface area contributed by atoms with Crippen molar-refractivity contribution in [2.24, 2.45) is 0 Å². The van der Waals surface area contributed by atoms with Gasteiger partial charge in [0.2, 0.25) is 15.9 Å². The third kappa shape index (κ3) is 5.95. The van der Waals surface area contributed by atoms with Gasteiger partial charge in [-0.05, 0) is 68.1 Å². The molecule has 0 saturated heterocycles. The molecule has 0 heterocycles. The van der Waals surface area contributed by atoms with Crippen LogP contribution in [0.4, 0.5) is 5.69 Å². The van der Waals surface area contributed by atoms with Crippen LogP contribution >= 0.6 is 0 Å². The number of aryl methyl sites for hydroxylation is 2. The average molecular weight is 419 g/mol. The van der Waals surface area contributed by atoms with Gasteiger partial charge < -0.3 is 14.8 Å². The van der Waals surface area contributed by atoms with Crippen molar-refractivity contribution in [2.45, 2.75) is 44.0 Å². The summed E-state index contributed by atoms with van der Waals surface area (Å²) < 4.78 is 38.4. The number of benzene rings is 2. The van der Waals surface area contributed by atoms with Crippen LogP contribution in [-0.2, 0) is 14.8 Å². The second-order valence-electron chi connectivity index (χ2n) is 7.23. The maximum atomic E-state index is 12.4. The van der Waals surface area contributed by atoms with E-state index in [2.05, 4.69) is 10.0 Å². The van der Waals surface area contributed by atoms with E-state index >= 15 is 0 Å². The number of hydrogen-bond acceptors (Lipinski definition) is 5. The summed E-state index contributed by atoms with van der Waals surface area (Å²) in [7, 11) is -2.16. The van der Waals surface area contributed by atoms with Crippen molar-refractivity contribution in [3.05, 3.63) is 47.5 Å². The Morgan fingerprint density at radius 3 is 2.41 bits per heavy atom. The van der Waals surface area contributed by atoms with E-state index in [-0.39, 0.29) is 29.9 Å². The van der Waals surface area contributed by atoms with Crippen LogP contribution in [-0.4, -0.2) is 34.1 Å². The monoisotopic (exact) mass is 418 g/mol. The third-order valence-electron chi connectivity index (χ3n) is 4.45. The van der Waals surface area contributed by atoms with Crippen molar-refractivity contribution in [1.82, 2.24) is 4.72 Å². The summed E-state index contributed by atoms with van der Waals surface area (Å²) >= 11 is 0. The molecule has 2 aromatic carbocycles. The molecule has 2 aromatic rings. The average Bonchev–Trinajstić information content (AvgIpc) is 3.44. The van der Waals surface area contributed by atoms with Crippen molar-refractivity contribution in [3.63, 3.8) is 0 Å². The maximum absolute atomic E-state index is 12.4. The fourth-order valence-corrected chi connectivity index (χ4v) is 4.26. The third-order valence-corrected chi connectivity index (χ3v) is 5.97. The minimum absolute atomic E-state index is 0.00236. The van der Waals surface area contributed by atoms with Gasteiger partial charge in [0.05, 0.1) is 30.7 Å². The Bertz CT molecular complexity index is 980. The predicted octanol–water partition coefficient (Wildman–Crippen LogP) is 3.16. The minimum Gasteiger partial charge on any atom is -0.495 e. The van der Waals surface area contributed by atoms with Gasteiger partial charge >= 0.3 is 0 Å². The van der Waals surface area contributed by atoms with Crippen LogP contribution in [0.25, 0.3) is 0 Å². The normalized spacial score (nSPS) is 13.8. The number of carbonyl (C=O) groups excluding carboxylic acids is 1. The highest BCUT2D eigenvalue weighted by Crippen LogP contribution is 2.29. The van der Waals surface area contributed by atoms with Crippen LogP contribution in [0, 0.1) is 13.8 Å². The topological polar surface area (TPSA) is 93.7 Å². The smallest absolute Gasteiger partial charge is 0.240 e. The van der Waals surface area contributed by atoms with Crippen molar-refractivity contribution in [2.75, 3.05) is 19.0 Å². The van der Waals surface area contributed by atoms with Crippen molar-refractivity contribution < 1.29 is 22.7 Å². The first-order chi connectivity index (χ1) is 13.8. The van der Waals surface area contributed by atoms with Crippen LogP contribution in [0.2, 0.25) is 0 Å². The Kier molecular flexibility index (Phi) is 6.44. The highest BCUT2D eigenvalue weighted by Gasteiger charge is 2.28. The molecular weight excluding hydrogens is 392 g/mol. The van der Waals surface area contributed by atoms with E-state index in [1.165, 1.54) is 25.3 Å². The second kappa shape index (κ2) is 8.84. The standard InChI is InChI=1S/C21H26N2O5S/c1-14-10-15(2)12-17(11-14)28-9-8-21(24)22-19-13-18(6-7-20(19)27-3)29(25,26)23-16-4-5-16/h6-7,10-13,16,23H,4-5,8-9H2,1-3H3,(H,22,24). The first-order valence-electron chi connectivity index (χ1n) is 9.48. The summed E-state index contributed by atoms with van der Waals surface area (Å²) in [5.74, 6) is 0.809. The first-order valence-corrected chi connectivity index (χ1v) is 11.0. The van der Waals surface area contributed by atoms with E-state index in [1.807, 2.05) is 32.0 Å². The molecule has 0 radical (unpaired) electrons.